The summed E-state index contributed by atoms with van der Waals surface area (Å²) in [7, 11) is 0. The van der Waals surface area contributed by atoms with E-state index in [-0.39, 0.29) is 5.91 Å². The number of aliphatic carboxylic acids is 1. The number of azide groups is 1. The van der Waals surface area contributed by atoms with Gasteiger partial charge in [0.15, 0.2) is 0 Å². The molecule has 0 aliphatic heterocycles. The Morgan fingerprint density at radius 3 is 1.57 bits per heavy atom. The first kappa shape index (κ1) is 26.2. The van der Waals surface area contributed by atoms with Gasteiger partial charge in [0.1, 0.15) is 0 Å². The maximum atomic E-state index is 11.6. The average molecular weight is 397 g/mol. The van der Waals surface area contributed by atoms with Crippen molar-refractivity contribution in [3.8, 4) is 0 Å². The summed E-state index contributed by atoms with van der Waals surface area (Å²) in [6.45, 7) is 1.02. The van der Waals surface area contributed by atoms with Crippen molar-refractivity contribution >= 4 is 11.9 Å². The molecule has 0 aromatic heterocycles. The summed E-state index contributed by atoms with van der Waals surface area (Å²) in [5, 5.41) is 14.8. The number of rotatable bonds is 21. The molecule has 0 aliphatic carbocycles. The lowest BCUT2D eigenvalue weighted by Crippen LogP contribution is -2.24. The van der Waals surface area contributed by atoms with Crippen molar-refractivity contribution in [1.29, 1.82) is 0 Å². The van der Waals surface area contributed by atoms with Gasteiger partial charge in [-0.2, -0.15) is 0 Å². The minimum atomic E-state index is -0.680. The van der Waals surface area contributed by atoms with Crippen LogP contribution in [0.4, 0.5) is 0 Å². The van der Waals surface area contributed by atoms with Crippen LogP contribution in [-0.4, -0.2) is 30.1 Å². The summed E-state index contributed by atoms with van der Waals surface area (Å²) in [5.74, 6) is -0.580. The molecule has 0 bridgehead atoms. The zero-order valence-electron chi connectivity index (χ0n) is 17.5. The third kappa shape index (κ3) is 22.3. The molecule has 0 heterocycles. The summed E-state index contributed by atoms with van der Waals surface area (Å²) in [6, 6.07) is 0. The maximum absolute atomic E-state index is 11.6. The van der Waals surface area contributed by atoms with Gasteiger partial charge in [-0.25, -0.2) is 0 Å². The number of amides is 1. The standard InChI is InChI=1S/C21H40N4O3/c22-25-24-19-15-18-23-20(26)16-13-11-9-7-5-3-1-2-4-6-8-10-12-14-17-21(27)28/h1-19H2,(H,23,26)(H,27,28). The van der Waals surface area contributed by atoms with E-state index in [1.165, 1.54) is 64.2 Å². The molecule has 7 nitrogen and oxygen atoms in total. The topological polar surface area (TPSA) is 115 Å². The van der Waals surface area contributed by atoms with Crippen LogP contribution in [0.1, 0.15) is 109 Å². The van der Waals surface area contributed by atoms with Crippen LogP contribution in [0, 0.1) is 0 Å². The van der Waals surface area contributed by atoms with Crippen LogP contribution < -0.4 is 5.32 Å². The maximum Gasteiger partial charge on any atom is 0.303 e. The fourth-order valence-electron chi connectivity index (χ4n) is 3.19. The number of hydrogen-bond acceptors (Lipinski definition) is 3. The Balaban J connectivity index is 3.14. The molecular weight excluding hydrogens is 356 g/mol. The molecule has 7 heteroatoms. The molecule has 28 heavy (non-hydrogen) atoms. The molecule has 0 spiro atoms. The lowest BCUT2D eigenvalue weighted by atomic mass is 10.0. The van der Waals surface area contributed by atoms with E-state index in [1.54, 1.807) is 0 Å². The summed E-state index contributed by atoms with van der Waals surface area (Å²) >= 11 is 0. The first-order valence-electron chi connectivity index (χ1n) is 11.2. The summed E-state index contributed by atoms with van der Waals surface area (Å²) in [4.78, 5) is 24.7. The van der Waals surface area contributed by atoms with Crippen molar-refractivity contribution in [2.45, 2.75) is 109 Å². The van der Waals surface area contributed by atoms with Gasteiger partial charge in [-0.3, -0.25) is 9.59 Å². The van der Waals surface area contributed by atoms with Crippen LogP contribution in [-0.2, 0) is 9.59 Å². The third-order valence-corrected chi connectivity index (χ3v) is 4.86. The van der Waals surface area contributed by atoms with Crippen molar-refractivity contribution in [1.82, 2.24) is 5.32 Å². The van der Waals surface area contributed by atoms with Gasteiger partial charge in [0.2, 0.25) is 5.91 Å². The molecule has 2 N–H and O–H groups in total. The Morgan fingerprint density at radius 1 is 0.714 bits per heavy atom. The molecule has 1 amide bonds. The predicted octanol–water partition coefficient (Wildman–Crippen LogP) is 6.13. The van der Waals surface area contributed by atoms with Gasteiger partial charge in [0.05, 0.1) is 0 Å². The van der Waals surface area contributed by atoms with Crippen molar-refractivity contribution in [2.24, 2.45) is 5.11 Å². The van der Waals surface area contributed by atoms with Crippen LogP contribution in [0.2, 0.25) is 0 Å². The molecule has 162 valence electrons. The number of unbranched alkanes of at least 4 members (excludes halogenated alkanes) is 13. The van der Waals surface area contributed by atoms with E-state index in [0.717, 1.165) is 25.7 Å². The third-order valence-electron chi connectivity index (χ3n) is 4.86. The van der Waals surface area contributed by atoms with Gasteiger partial charge in [0.25, 0.3) is 0 Å². The van der Waals surface area contributed by atoms with Crippen LogP contribution in [0.5, 0.6) is 0 Å². The number of hydrogen-bond donors (Lipinski definition) is 2. The summed E-state index contributed by atoms with van der Waals surface area (Å²) in [6.07, 6.45) is 18.2. The van der Waals surface area contributed by atoms with Crippen LogP contribution in [0.15, 0.2) is 5.11 Å². The molecular formula is C21H40N4O3. The molecule has 0 saturated carbocycles. The Morgan fingerprint density at radius 2 is 1.14 bits per heavy atom. The summed E-state index contributed by atoms with van der Waals surface area (Å²) in [5.41, 5.74) is 8.15. The van der Waals surface area contributed by atoms with E-state index < -0.39 is 5.97 Å². The molecule has 0 aliphatic rings. The SMILES string of the molecule is [N-]=[N+]=NCCCNC(=O)CCCCCCCCCCCCCCCCC(=O)O. The lowest BCUT2D eigenvalue weighted by Gasteiger charge is -2.05. The number of carbonyl (C=O) groups is 2. The van der Waals surface area contributed by atoms with Crippen LogP contribution in [0.3, 0.4) is 0 Å². The number of nitrogens with one attached hydrogen (secondary N) is 1. The summed E-state index contributed by atoms with van der Waals surface area (Å²) < 4.78 is 0. The van der Waals surface area contributed by atoms with Gasteiger partial charge in [-0.1, -0.05) is 82.2 Å². The highest BCUT2D eigenvalue weighted by Crippen LogP contribution is 2.13. The minimum absolute atomic E-state index is 0.0998. The van der Waals surface area contributed by atoms with Crippen LogP contribution in [0.25, 0.3) is 10.4 Å². The van der Waals surface area contributed by atoms with Crippen molar-refractivity contribution < 1.29 is 14.7 Å². The van der Waals surface area contributed by atoms with Crippen molar-refractivity contribution in [3.05, 3.63) is 10.4 Å². The van der Waals surface area contributed by atoms with Gasteiger partial charge in [-0.05, 0) is 24.8 Å². The number of carboxylic acids is 1. The van der Waals surface area contributed by atoms with Gasteiger partial charge < -0.3 is 10.4 Å². The first-order chi connectivity index (χ1) is 13.7. The highest BCUT2D eigenvalue weighted by molar-refractivity contribution is 5.75. The Labute approximate surface area is 170 Å². The Hall–Kier alpha value is -1.75. The van der Waals surface area contributed by atoms with Gasteiger partial charge >= 0.3 is 5.97 Å². The van der Waals surface area contributed by atoms with E-state index in [1.807, 2.05) is 0 Å². The fraction of sp³-hybridized carbons (Fsp3) is 0.905. The van der Waals surface area contributed by atoms with Crippen molar-refractivity contribution in [3.63, 3.8) is 0 Å². The minimum Gasteiger partial charge on any atom is -0.481 e. The predicted molar refractivity (Wildman–Crippen MR) is 113 cm³/mol. The smallest absolute Gasteiger partial charge is 0.303 e. The number of carboxylic acid groups (broad SMARTS) is 1. The van der Waals surface area contributed by atoms with Gasteiger partial charge in [0, 0.05) is 30.8 Å². The van der Waals surface area contributed by atoms with E-state index in [9.17, 15) is 9.59 Å². The van der Waals surface area contributed by atoms with Crippen molar-refractivity contribution in [2.75, 3.05) is 13.1 Å². The molecule has 0 aromatic carbocycles. The molecule has 0 saturated heterocycles. The fourth-order valence-corrected chi connectivity index (χ4v) is 3.19. The first-order valence-corrected chi connectivity index (χ1v) is 11.2. The monoisotopic (exact) mass is 396 g/mol. The Bertz CT molecular complexity index is 437. The second-order valence-corrected chi connectivity index (χ2v) is 7.50. The second kappa shape index (κ2) is 21.5. The highest BCUT2D eigenvalue weighted by Gasteiger charge is 2.00. The van der Waals surface area contributed by atoms with E-state index in [2.05, 4.69) is 15.3 Å². The number of carbonyl (C=O) groups excluding carboxylic acids is 1. The molecule has 0 aromatic rings. The molecule has 0 radical (unpaired) electrons. The van der Waals surface area contributed by atoms with E-state index >= 15 is 0 Å². The zero-order valence-corrected chi connectivity index (χ0v) is 17.5. The molecule has 0 atom stereocenters. The van der Waals surface area contributed by atoms with Gasteiger partial charge in [-0.15, -0.1) is 0 Å². The quantitative estimate of drug-likeness (QED) is 0.105. The highest BCUT2D eigenvalue weighted by atomic mass is 16.4. The lowest BCUT2D eigenvalue weighted by molar-refractivity contribution is -0.137. The Kier molecular flexibility index (Phi) is 20.2. The van der Waals surface area contributed by atoms with Crippen LogP contribution >= 0.6 is 0 Å². The molecule has 0 fully saturated rings. The second-order valence-electron chi connectivity index (χ2n) is 7.50. The van der Waals surface area contributed by atoms with E-state index in [0.29, 0.717) is 32.4 Å². The molecule has 0 unspecified atom stereocenters. The zero-order chi connectivity index (χ0) is 20.7. The normalized spacial score (nSPS) is 10.4. The largest absolute Gasteiger partial charge is 0.481 e. The van der Waals surface area contributed by atoms with E-state index in [4.69, 9.17) is 10.6 Å². The molecule has 0 rings (SSSR count). The number of nitrogens with zero attached hydrogens (tertiary/aromatic N) is 3. The average Bonchev–Trinajstić information content (AvgIpc) is 2.67.